The molecule has 35 heavy (non-hydrogen) atoms. The molecule has 0 aromatic heterocycles. The number of carbonyl (C=O) groups is 3. The van der Waals surface area contributed by atoms with Gasteiger partial charge >= 0.3 is 6.03 Å². The zero-order valence-corrected chi connectivity index (χ0v) is 20.9. The number of amides is 3. The Kier molecular flexibility index (Phi) is 10.7. The van der Waals surface area contributed by atoms with E-state index in [0.717, 1.165) is 31.8 Å². The maximum Gasteiger partial charge on any atom is 0.323 e. The smallest absolute Gasteiger partial charge is 0.323 e. The van der Waals surface area contributed by atoms with Crippen molar-refractivity contribution in [3.63, 3.8) is 0 Å². The third-order valence-electron chi connectivity index (χ3n) is 5.45. The fourth-order valence-corrected chi connectivity index (χ4v) is 3.00. The fraction of sp³-hybridized carbons (Fsp3) is 0.360. The highest BCUT2D eigenvalue weighted by atomic mass is 35.5. The molecule has 0 unspecified atom stereocenters. The zero-order chi connectivity index (χ0) is 25.8. The van der Waals surface area contributed by atoms with Crippen LogP contribution in [0.15, 0.2) is 53.5 Å². The normalized spacial score (nSPS) is 13.6. The van der Waals surface area contributed by atoms with Crippen molar-refractivity contribution in [3.05, 3.63) is 59.1 Å². The van der Waals surface area contributed by atoms with Gasteiger partial charge in [-0.2, -0.15) is 0 Å². The minimum absolute atomic E-state index is 0.0943. The molecule has 2 aromatic carbocycles. The molecule has 1 fully saturated rings. The molecular formula is C25H31ClN4O5. The number of ether oxygens (including phenoxy) is 1. The molecule has 1 aliphatic carbocycles. The second-order valence-corrected chi connectivity index (χ2v) is 8.44. The molecule has 3 rings (SSSR count). The topological polar surface area (TPSA) is 112 Å². The first-order valence-electron chi connectivity index (χ1n) is 11.1. The Hall–Kier alpha value is -3.43. The van der Waals surface area contributed by atoms with Crippen LogP contribution < -0.4 is 10.1 Å². The van der Waals surface area contributed by atoms with E-state index in [1.54, 1.807) is 55.6 Å². The minimum Gasteiger partial charge on any atom is -0.493 e. The van der Waals surface area contributed by atoms with E-state index < -0.39 is 0 Å². The van der Waals surface area contributed by atoms with Crippen LogP contribution in [0.5, 0.6) is 5.75 Å². The molecule has 9 nitrogen and oxygen atoms in total. The number of aldehydes is 1. The quantitative estimate of drug-likeness (QED) is 0.309. The highest BCUT2D eigenvalue weighted by Crippen LogP contribution is 2.43. The van der Waals surface area contributed by atoms with Gasteiger partial charge < -0.3 is 19.5 Å². The predicted molar refractivity (Wildman–Crippen MR) is 135 cm³/mol. The molecule has 0 bridgehead atoms. The van der Waals surface area contributed by atoms with Crippen molar-refractivity contribution in [2.75, 3.05) is 27.3 Å². The van der Waals surface area contributed by atoms with Crippen molar-refractivity contribution in [2.24, 2.45) is 10.4 Å². The standard InChI is InChI=1S/C24H27ClN4O4.CH4O/c1-3-28(2)23(32)27-22(29(17-31)14-18-4-6-19(25)7-5-18)26-20-8-10-21(11-9-20)33-16-24(15-30)12-13-24;1-2/h4-11,15,17H,3,12-14,16H2,1-2H3,(H,26,27,32);2H,1H3. The van der Waals surface area contributed by atoms with Crippen molar-refractivity contribution in [1.82, 2.24) is 15.1 Å². The molecular weight excluding hydrogens is 472 g/mol. The number of guanidine groups is 1. The molecule has 0 heterocycles. The molecule has 188 valence electrons. The van der Waals surface area contributed by atoms with Crippen molar-refractivity contribution < 1.29 is 24.2 Å². The number of hydrogen-bond acceptors (Lipinski definition) is 6. The van der Waals surface area contributed by atoms with Gasteiger partial charge in [0.15, 0.2) is 0 Å². The number of aliphatic hydroxyl groups excluding tert-OH is 1. The van der Waals surface area contributed by atoms with E-state index in [-0.39, 0.29) is 24.0 Å². The summed E-state index contributed by atoms with van der Waals surface area (Å²) in [7, 11) is 2.65. The third kappa shape index (κ3) is 8.38. The second-order valence-electron chi connectivity index (χ2n) is 8.00. The van der Waals surface area contributed by atoms with E-state index >= 15 is 0 Å². The summed E-state index contributed by atoms with van der Waals surface area (Å²) in [6.07, 6.45) is 3.28. The summed E-state index contributed by atoms with van der Waals surface area (Å²) < 4.78 is 5.72. The monoisotopic (exact) mass is 502 g/mol. The number of aliphatic hydroxyl groups is 1. The summed E-state index contributed by atoms with van der Waals surface area (Å²) in [5.41, 5.74) is 1.01. The lowest BCUT2D eigenvalue weighted by Crippen LogP contribution is -2.47. The highest BCUT2D eigenvalue weighted by Gasteiger charge is 2.43. The molecule has 0 radical (unpaired) electrons. The number of rotatable bonds is 9. The van der Waals surface area contributed by atoms with Crippen molar-refractivity contribution in [2.45, 2.75) is 26.3 Å². The number of hydrogen-bond donors (Lipinski definition) is 2. The first kappa shape index (κ1) is 27.8. The Labute approximate surface area is 210 Å². The Morgan fingerprint density at radius 1 is 1.14 bits per heavy atom. The average molecular weight is 503 g/mol. The molecule has 10 heteroatoms. The van der Waals surface area contributed by atoms with Gasteiger partial charge in [0.25, 0.3) is 0 Å². The minimum atomic E-state index is -0.386. The molecule has 0 saturated heterocycles. The number of carbonyl (C=O) groups excluding carboxylic acids is 3. The zero-order valence-electron chi connectivity index (χ0n) is 20.1. The van der Waals surface area contributed by atoms with Gasteiger partial charge in [0, 0.05) is 25.7 Å². The van der Waals surface area contributed by atoms with Crippen LogP contribution in [0.2, 0.25) is 5.02 Å². The summed E-state index contributed by atoms with van der Waals surface area (Å²) in [5, 5.41) is 10.3. The van der Waals surface area contributed by atoms with Gasteiger partial charge in [-0.3, -0.25) is 15.0 Å². The van der Waals surface area contributed by atoms with Gasteiger partial charge in [0.2, 0.25) is 12.4 Å². The van der Waals surface area contributed by atoms with E-state index in [2.05, 4.69) is 10.3 Å². The van der Waals surface area contributed by atoms with Crippen LogP contribution in [-0.4, -0.2) is 66.9 Å². The van der Waals surface area contributed by atoms with E-state index in [9.17, 15) is 14.4 Å². The lowest BCUT2D eigenvalue weighted by Gasteiger charge is -2.23. The molecule has 2 aromatic rings. The van der Waals surface area contributed by atoms with Crippen molar-refractivity contribution in [1.29, 1.82) is 0 Å². The molecule has 0 aliphatic heterocycles. The highest BCUT2D eigenvalue weighted by molar-refractivity contribution is 6.30. The van der Waals surface area contributed by atoms with Crippen molar-refractivity contribution >= 4 is 42.0 Å². The number of nitrogens with one attached hydrogen (secondary N) is 1. The Balaban J connectivity index is 0.00000210. The van der Waals surface area contributed by atoms with Gasteiger partial charge in [0.1, 0.15) is 18.6 Å². The number of nitrogens with zero attached hydrogens (tertiary/aromatic N) is 3. The first-order chi connectivity index (χ1) is 16.9. The van der Waals surface area contributed by atoms with Crippen LogP contribution in [0.3, 0.4) is 0 Å². The van der Waals surface area contributed by atoms with Gasteiger partial charge in [-0.05, 0) is 61.7 Å². The number of benzene rings is 2. The molecule has 1 saturated carbocycles. The summed E-state index contributed by atoms with van der Waals surface area (Å²) >= 11 is 5.95. The lowest BCUT2D eigenvalue weighted by molar-refractivity contribution is -0.115. The second kappa shape index (κ2) is 13.5. The summed E-state index contributed by atoms with van der Waals surface area (Å²) in [6.45, 7) is 2.89. The summed E-state index contributed by atoms with van der Waals surface area (Å²) in [5.74, 6) is 0.712. The fourth-order valence-electron chi connectivity index (χ4n) is 2.87. The lowest BCUT2D eigenvalue weighted by atomic mass is 10.1. The van der Waals surface area contributed by atoms with Crippen LogP contribution in [0.1, 0.15) is 25.3 Å². The van der Waals surface area contributed by atoms with Gasteiger partial charge in [-0.1, -0.05) is 23.7 Å². The molecule has 0 spiro atoms. The number of aliphatic imine (C=N–C) groups is 1. The Morgan fingerprint density at radius 3 is 2.29 bits per heavy atom. The Bertz CT molecular complexity index is 1010. The largest absolute Gasteiger partial charge is 0.493 e. The van der Waals surface area contributed by atoms with Gasteiger partial charge in [0.05, 0.1) is 17.6 Å². The first-order valence-corrected chi connectivity index (χ1v) is 11.5. The van der Waals surface area contributed by atoms with E-state index in [1.165, 1.54) is 9.80 Å². The van der Waals surface area contributed by atoms with Crippen molar-refractivity contribution in [3.8, 4) is 5.75 Å². The molecule has 0 atom stereocenters. The number of halogens is 1. The maximum atomic E-state index is 12.5. The number of urea groups is 1. The van der Waals surface area contributed by atoms with Crippen LogP contribution in [0.25, 0.3) is 0 Å². The van der Waals surface area contributed by atoms with Gasteiger partial charge in [-0.15, -0.1) is 0 Å². The maximum absolute atomic E-state index is 12.5. The predicted octanol–water partition coefficient (Wildman–Crippen LogP) is 3.61. The van der Waals surface area contributed by atoms with Crippen LogP contribution in [-0.2, 0) is 16.1 Å². The Morgan fingerprint density at radius 2 is 1.77 bits per heavy atom. The molecule has 3 amide bonds. The van der Waals surface area contributed by atoms with E-state index in [4.69, 9.17) is 21.4 Å². The van der Waals surface area contributed by atoms with E-state index in [1.807, 2.05) is 6.92 Å². The van der Waals surface area contributed by atoms with Crippen LogP contribution in [0, 0.1) is 5.41 Å². The molecule has 2 N–H and O–H groups in total. The molecule has 1 aliphatic rings. The van der Waals surface area contributed by atoms with E-state index in [0.29, 0.717) is 36.0 Å². The van der Waals surface area contributed by atoms with Crippen LogP contribution in [0.4, 0.5) is 10.5 Å². The third-order valence-corrected chi connectivity index (χ3v) is 5.70. The van der Waals surface area contributed by atoms with Crippen LogP contribution >= 0.6 is 11.6 Å². The van der Waals surface area contributed by atoms with Gasteiger partial charge in [-0.25, -0.2) is 9.79 Å². The SMILES string of the molecule is CCN(C)C(=O)NC(=Nc1ccc(OCC2(C=O)CC2)cc1)N(C=O)Cc1ccc(Cl)cc1.CO. The average Bonchev–Trinajstić information content (AvgIpc) is 3.68. The summed E-state index contributed by atoms with van der Waals surface area (Å²) in [6, 6.07) is 13.6. The summed E-state index contributed by atoms with van der Waals surface area (Å²) in [4.78, 5) is 42.8.